The molecule has 1 N–H and O–H groups in total. The van der Waals surface area contributed by atoms with E-state index < -0.39 is 0 Å². The number of carbonyl (C=O) groups is 1. The fraction of sp³-hybridized carbons (Fsp3) is 0.174. The van der Waals surface area contributed by atoms with E-state index in [4.69, 9.17) is 18.7 Å². The van der Waals surface area contributed by atoms with Crippen LogP contribution < -0.4 is 25.1 Å². The lowest BCUT2D eigenvalue weighted by atomic mass is 10.1. The van der Waals surface area contributed by atoms with Gasteiger partial charge in [0.05, 0.1) is 19.9 Å². The van der Waals surface area contributed by atoms with Gasteiger partial charge in [0.1, 0.15) is 29.6 Å². The summed E-state index contributed by atoms with van der Waals surface area (Å²) in [6, 6.07) is 14.9. The second-order valence-corrected chi connectivity index (χ2v) is 6.95. The number of fused-ring (bicyclic) bond motifs is 1. The number of rotatable bonds is 7. The molecule has 0 radical (unpaired) electrons. The van der Waals surface area contributed by atoms with Gasteiger partial charge in [0.15, 0.2) is 5.65 Å². The average molecular weight is 435 g/mol. The van der Waals surface area contributed by atoms with Crippen molar-refractivity contribution in [1.82, 2.24) is 9.56 Å². The summed E-state index contributed by atoms with van der Waals surface area (Å²) in [6.45, 7) is 1.86. The van der Waals surface area contributed by atoms with Crippen LogP contribution in [0.4, 0.5) is 5.69 Å². The van der Waals surface area contributed by atoms with Gasteiger partial charge in [-0.1, -0.05) is 0 Å². The maximum absolute atomic E-state index is 12.6. The molecule has 0 unspecified atom stereocenters. The molecule has 2 heterocycles. The molecule has 164 valence electrons. The van der Waals surface area contributed by atoms with Crippen molar-refractivity contribution in [2.45, 2.75) is 13.5 Å². The predicted octanol–water partition coefficient (Wildman–Crippen LogP) is 3.44. The lowest BCUT2D eigenvalue weighted by Gasteiger charge is -2.10. The normalized spacial score (nSPS) is 10.7. The predicted molar refractivity (Wildman–Crippen MR) is 117 cm³/mol. The van der Waals surface area contributed by atoms with Crippen LogP contribution in [0.25, 0.3) is 5.65 Å². The highest BCUT2D eigenvalue weighted by molar-refractivity contribution is 6.04. The first-order valence-corrected chi connectivity index (χ1v) is 9.72. The van der Waals surface area contributed by atoms with Gasteiger partial charge >= 0.3 is 0 Å². The van der Waals surface area contributed by atoms with E-state index in [2.05, 4.69) is 10.3 Å². The summed E-state index contributed by atoms with van der Waals surface area (Å²) in [6.07, 6.45) is 0. The molecule has 0 saturated carbocycles. The maximum atomic E-state index is 12.6. The summed E-state index contributed by atoms with van der Waals surface area (Å²) >= 11 is 0. The van der Waals surface area contributed by atoms with E-state index in [-0.39, 0.29) is 18.1 Å². The Bertz CT molecular complexity index is 1300. The molecule has 4 rings (SSSR count). The van der Waals surface area contributed by atoms with Gasteiger partial charge in [0.2, 0.25) is 0 Å². The van der Waals surface area contributed by atoms with E-state index in [0.29, 0.717) is 45.6 Å². The summed E-state index contributed by atoms with van der Waals surface area (Å²) in [5.74, 6) is 1.91. The van der Waals surface area contributed by atoms with E-state index in [1.165, 1.54) is 20.3 Å². The third-order valence-electron chi connectivity index (χ3n) is 4.64. The quantitative estimate of drug-likeness (QED) is 0.474. The van der Waals surface area contributed by atoms with Crippen LogP contribution in [0.1, 0.15) is 21.8 Å². The number of aromatic nitrogens is 2. The molecule has 0 aliphatic carbocycles. The van der Waals surface area contributed by atoms with Gasteiger partial charge in [0, 0.05) is 29.4 Å². The van der Waals surface area contributed by atoms with Crippen LogP contribution in [0.5, 0.6) is 17.2 Å². The standard InChI is InChI=1S/C23H21N3O6/c1-14-8-21-24-17(11-22(27)26(21)32-14)13-31-18-6-4-16(5-7-18)25-23(28)15-9-19(29-2)12-20(10-15)30-3/h4-12H,13H2,1-3H3,(H,25,28). The van der Waals surface area contributed by atoms with Gasteiger partial charge in [-0.25, -0.2) is 4.98 Å². The SMILES string of the molecule is COc1cc(OC)cc(C(=O)Nc2ccc(OCc3cc(=O)n4oc(C)cc4n3)cc2)c1. The number of nitrogens with zero attached hydrogens (tertiary/aromatic N) is 2. The number of hydrogen-bond acceptors (Lipinski definition) is 7. The summed E-state index contributed by atoms with van der Waals surface area (Å²) in [7, 11) is 3.05. The Balaban J connectivity index is 1.41. The first kappa shape index (κ1) is 21.0. The van der Waals surface area contributed by atoms with Crippen molar-refractivity contribution in [2.24, 2.45) is 0 Å². The molecule has 0 aliphatic rings. The minimum Gasteiger partial charge on any atom is -0.497 e. The highest BCUT2D eigenvalue weighted by atomic mass is 16.5. The second kappa shape index (κ2) is 8.84. The fourth-order valence-corrected chi connectivity index (χ4v) is 3.08. The molecule has 2 aromatic carbocycles. The van der Waals surface area contributed by atoms with Gasteiger partial charge < -0.3 is 24.1 Å². The third kappa shape index (κ3) is 4.56. The van der Waals surface area contributed by atoms with Gasteiger partial charge in [-0.15, -0.1) is 4.57 Å². The summed E-state index contributed by atoms with van der Waals surface area (Å²) in [5.41, 5.74) is 1.61. The number of anilines is 1. The van der Waals surface area contributed by atoms with E-state index in [0.717, 1.165) is 4.57 Å². The Morgan fingerprint density at radius 2 is 1.69 bits per heavy atom. The molecule has 4 aromatic rings. The minimum atomic E-state index is -0.311. The van der Waals surface area contributed by atoms with Crippen molar-refractivity contribution in [2.75, 3.05) is 19.5 Å². The zero-order valence-electron chi connectivity index (χ0n) is 17.7. The topological polar surface area (TPSA) is 104 Å². The van der Waals surface area contributed by atoms with E-state index in [1.807, 2.05) is 0 Å². The Morgan fingerprint density at radius 1 is 1.00 bits per heavy atom. The monoisotopic (exact) mass is 435 g/mol. The van der Waals surface area contributed by atoms with Gasteiger partial charge in [0.25, 0.3) is 11.5 Å². The number of amides is 1. The number of methoxy groups -OCH3 is 2. The number of aryl methyl sites for hydroxylation is 1. The molecule has 1 amide bonds. The Labute approximate surface area is 183 Å². The Morgan fingerprint density at radius 3 is 2.34 bits per heavy atom. The maximum Gasteiger partial charge on any atom is 0.287 e. The largest absolute Gasteiger partial charge is 0.497 e. The first-order valence-electron chi connectivity index (χ1n) is 9.72. The lowest BCUT2D eigenvalue weighted by molar-refractivity contribution is 0.102. The Hall–Kier alpha value is -4.27. The van der Waals surface area contributed by atoms with Crippen LogP contribution in [-0.4, -0.2) is 29.7 Å². The second-order valence-electron chi connectivity index (χ2n) is 6.95. The molecule has 0 spiro atoms. The number of nitrogens with one attached hydrogen (secondary N) is 1. The van der Waals surface area contributed by atoms with E-state index in [1.54, 1.807) is 55.5 Å². The van der Waals surface area contributed by atoms with Gasteiger partial charge in [-0.2, -0.15) is 0 Å². The highest BCUT2D eigenvalue weighted by Crippen LogP contribution is 2.24. The van der Waals surface area contributed by atoms with Crippen LogP contribution in [-0.2, 0) is 6.61 Å². The van der Waals surface area contributed by atoms with Crippen molar-refractivity contribution >= 4 is 17.2 Å². The van der Waals surface area contributed by atoms with Crippen LogP contribution in [0.15, 0.2) is 63.9 Å². The molecule has 0 atom stereocenters. The van der Waals surface area contributed by atoms with Crippen molar-refractivity contribution in [3.05, 3.63) is 82.0 Å². The van der Waals surface area contributed by atoms with Gasteiger partial charge in [-0.05, 0) is 43.3 Å². The third-order valence-corrected chi connectivity index (χ3v) is 4.64. The molecular formula is C23H21N3O6. The molecule has 2 aromatic heterocycles. The molecule has 0 fully saturated rings. The molecule has 32 heavy (non-hydrogen) atoms. The van der Waals surface area contributed by atoms with Crippen molar-refractivity contribution in [3.63, 3.8) is 0 Å². The number of carbonyl (C=O) groups excluding carboxylic acids is 1. The molecule has 9 heteroatoms. The first-order chi connectivity index (χ1) is 15.4. The van der Waals surface area contributed by atoms with E-state index in [9.17, 15) is 9.59 Å². The van der Waals surface area contributed by atoms with Crippen molar-refractivity contribution in [1.29, 1.82) is 0 Å². The highest BCUT2D eigenvalue weighted by Gasteiger charge is 2.11. The van der Waals surface area contributed by atoms with E-state index >= 15 is 0 Å². The summed E-state index contributed by atoms with van der Waals surface area (Å²) < 4.78 is 22.5. The molecule has 0 bridgehead atoms. The molecule has 0 saturated heterocycles. The number of benzene rings is 2. The van der Waals surface area contributed by atoms with Crippen LogP contribution in [0, 0.1) is 6.92 Å². The van der Waals surface area contributed by atoms with Crippen LogP contribution >= 0.6 is 0 Å². The van der Waals surface area contributed by atoms with Crippen LogP contribution in [0.2, 0.25) is 0 Å². The van der Waals surface area contributed by atoms with Crippen LogP contribution in [0.3, 0.4) is 0 Å². The summed E-state index contributed by atoms with van der Waals surface area (Å²) in [4.78, 5) is 29.0. The van der Waals surface area contributed by atoms with Gasteiger partial charge in [-0.3, -0.25) is 9.59 Å². The summed E-state index contributed by atoms with van der Waals surface area (Å²) in [5, 5.41) is 2.82. The number of ether oxygens (including phenoxy) is 3. The zero-order chi connectivity index (χ0) is 22.7. The van der Waals surface area contributed by atoms with Crippen molar-refractivity contribution < 1.29 is 23.5 Å². The molecular weight excluding hydrogens is 414 g/mol. The smallest absolute Gasteiger partial charge is 0.287 e. The number of hydrogen-bond donors (Lipinski definition) is 1. The fourth-order valence-electron chi connectivity index (χ4n) is 3.08. The Kier molecular flexibility index (Phi) is 5.80. The zero-order valence-corrected chi connectivity index (χ0v) is 17.7. The van der Waals surface area contributed by atoms with Crippen molar-refractivity contribution in [3.8, 4) is 17.2 Å². The average Bonchev–Trinajstić information content (AvgIpc) is 3.19. The molecule has 0 aliphatic heterocycles. The minimum absolute atomic E-state index is 0.116. The lowest BCUT2D eigenvalue weighted by Crippen LogP contribution is -2.14. The molecule has 9 nitrogen and oxygen atoms in total.